The lowest BCUT2D eigenvalue weighted by Crippen LogP contribution is -2.53. The zero-order chi connectivity index (χ0) is 14.3. The molecule has 18 heavy (non-hydrogen) atoms. The largest absolute Gasteiger partial charge is 0.480 e. The molecule has 4 N–H and O–H groups in total. The minimum atomic E-state index is -1.10. The lowest BCUT2D eigenvalue weighted by atomic mass is 10.0. The summed E-state index contributed by atoms with van der Waals surface area (Å²) in [5, 5.41) is 11.2. The van der Waals surface area contributed by atoms with E-state index < -0.39 is 30.5 Å². The molecule has 0 bridgehead atoms. The molecule has 0 radical (unpaired) electrons. The highest BCUT2D eigenvalue weighted by atomic mass is 16.4. The van der Waals surface area contributed by atoms with Gasteiger partial charge in [-0.15, -0.1) is 0 Å². The number of nitrogens with two attached hydrogens (primary N) is 1. The number of carbonyl (C=O) groups is 3. The third kappa shape index (κ3) is 5.51. The Morgan fingerprint density at radius 1 is 1.33 bits per heavy atom. The van der Waals surface area contributed by atoms with Gasteiger partial charge in [-0.2, -0.15) is 0 Å². The Bertz CT molecular complexity index is 317. The van der Waals surface area contributed by atoms with Crippen LogP contribution in [0.3, 0.4) is 0 Å². The van der Waals surface area contributed by atoms with E-state index in [-0.39, 0.29) is 5.92 Å². The van der Waals surface area contributed by atoms with E-state index in [1.807, 2.05) is 6.92 Å². The topological polar surface area (TPSA) is 113 Å². The Morgan fingerprint density at radius 3 is 2.22 bits per heavy atom. The molecule has 7 heteroatoms. The van der Waals surface area contributed by atoms with Crippen molar-refractivity contribution in [1.29, 1.82) is 0 Å². The van der Waals surface area contributed by atoms with E-state index >= 15 is 0 Å². The van der Waals surface area contributed by atoms with E-state index in [0.717, 1.165) is 4.90 Å². The summed E-state index contributed by atoms with van der Waals surface area (Å²) in [6.45, 7) is 5.23. The number of amides is 3. The van der Waals surface area contributed by atoms with Crippen LogP contribution in [-0.4, -0.2) is 47.0 Å². The Hall–Kier alpha value is -1.79. The smallest absolute Gasteiger partial charge is 0.323 e. The van der Waals surface area contributed by atoms with Crippen molar-refractivity contribution in [2.45, 2.75) is 33.2 Å². The molecule has 1 atom stereocenters. The van der Waals surface area contributed by atoms with Crippen LogP contribution in [-0.2, 0) is 9.59 Å². The number of carboxylic acids is 1. The highest BCUT2D eigenvalue weighted by Crippen LogP contribution is 2.02. The summed E-state index contributed by atoms with van der Waals surface area (Å²) in [5.41, 5.74) is 5.17. The van der Waals surface area contributed by atoms with Crippen molar-refractivity contribution in [3.05, 3.63) is 0 Å². The molecule has 0 aliphatic carbocycles. The van der Waals surface area contributed by atoms with Crippen molar-refractivity contribution in [1.82, 2.24) is 10.2 Å². The van der Waals surface area contributed by atoms with E-state index in [0.29, 0.717) is 13.0 Å². The number of primary amides is 1. The van der Waals surface area contributed by atoms with Crippen molar-refractivity contribution in [3.8, 4) is 0 Å². The zero-order valence-electron chi connectivity index (χ0n) is 11.0. The first kappa shape index (κ1) is 16.2. The maximum absolute atomic E-state index is 11.8. The summed E-state index contributed by atoms with van der Waals surface area (Å²) in [6, 6.07) is -1.39. The van der Waals surface area contributed by atoms with Gasteiger partial charge in [-0.3, -0.25) is 9.59 Å². The van der Waals surface area contributed by atoms with Gasteiger partial charge in [0.15, 0.2) is 0 Å². The number of carboxylic acid groups (broad SMARTS) is 1. The maximum Gasteiger partial charge on any atom is 0.323 e. The van der Waals surface area contributed by atoms with E-state index in [1.165, 1.54) is 0 Å². The second-order valence-corrected chi connectivity index (χ2v) is 4.39. The van der Waals surface area contributed by atoms with Crippen molar-refractivity contribution in [2.24, 2.45) is 11.7 Å². The van der Waals surface area contributed by atoms with Gasteiger partial charge >= 0.3 is 12.0 Å². The first-order valence-electron chi connectivity index (χ1n) is 5.86. The number of nitrogens with zero attached hydrogens (tertiary/aromatic N) is 1. The molecule has 0 fully saturated rings. The van der Waals surface area contributed by atoms with E-state index in [2.05, 4.69) is 5.32 Å². The summed E-state index contributed by atoms with van der Waals surface area (Å²) in [7, 11) is 0. The number of hydrogen-bond acceptors (Lipinski definition) is 3. The molecule has 0 spiro atoms. The van der Waals surface area contributed by atoms with Crippen LogP contribution < -0.4 is 11.1 Å². The predicted octanol–water partition coefficient (Wildman–Crippen LogP) is 0.00250. The maximum atomic E-state index is 11.8. The molecular weight excluding hydrogens is 238 g/mol. The first-order valence-corrected chi connectivity index (χ1v) is 5.86. The molecule has 0 heterocycles. The summed E-state index contributed by atoms with van der Waals surface area (Å²) < 4.78 is 0. The molecular formula is C11H21N3O4. The highest BCUT2D eigenvalue weighted by Gasteiger charge is 2.25. The van der Waals surface area contributed by atoms with Gasteiger partial charge in [0.2, 0.25) is 5.91 Å². The fourth-order valence-corrected chi connectivity index (χ4v) is 1.48. The number of urea groups is 1. The monoisotopic (exact) mass is 259 g/mol. The van der Waals surface area contributed by atoms with Crippen molar-refractivity contribution in [2.75, 3.05) is 13.1 Å². The number of aliphatic carboxylic acids is 1. The van der Waals surface area contributed by atoms with Crippen LogP contribution in [0.25, 0.3) is 0 Å². The molecule has 0 aliphatic heterocycles. The number of carbonyl (C=O) groups excluding carboxylic acids is 2. The minimum absolute atomic E-state index is 0.153. The Kier molecular flexibility index (Phi) is 6.77. The molecule has 0 rings (SSSR count). The summed E-state index contributed by atoms with van der Waals surface area (Å²) in [6.07, 6.45) is 0.629. The third-order valence-electron chi connectivity index (χ3n) is 2.36. The first-order chi connectivity index (χ1) is 8.29. The standard InChI is InChI=1S/C11H21N3O4/c1-4-5-14(6-8(15)16)11(18)13-9(7(2)3)10(12)17/h7,9H,4-6H2,1-3H3,(H2,12,17)(H,13,18)(H,15,16). The molecule has 7 nitrogen and oxygen atoms in total. The second kappa shape index (κ2) is 7.52. The van der Waals surface area contributed by atoms with Gasteiger partial charge in [-0.1, -0.05) is 20.8 Å². The van der Waals surface area contributed by atoms with Crippen LogP contribution in [0.4, 0.5) is 4.79 Å². The number of nitrogens with one attached hydrogen (secondary N) is 1. The summed E-state index contributed by atoms with van der Waals surface area (Å²) in [5.74, 6) is -1.89. The Balaban J connectivity index is 4.66. The van der Waals surface area contributed by atoms with Crippen LogP contribution >= 0.6 is 0 Å². The lowest BCUT2D eigenvalue weighted by molar-refractivity contribution is -0.137. The van der Waals surface area contributed by atoms with Crippen molar-refractivity contribution >= 4 is 17.9 Å². The van der Waals surface area contributed by atoms with Crippen molar-refractivity contribution in [3.63, 3.8) is 0 Å². The number of rotatable bonds is 7. The average Bonchev–Trinajstić information content (AvgIpc) is 2.23. The van der Waals surface area contributed by atoms with Gasteiger partial charge in [-0.25, -0.2) is 4.79 Å². The van der Waals surface area contributed by atoms with Crippen LogP contribution in [0.2, 0.25) is 0 Å². The zero-order valence-corrected chi connectivity index (χ0v) is 11.0. The van der Waals surface area contributed by atoms with Gasteiger partial charge in [0, 0.05) is 6.54 Å². The summed E-state index contributed by atoms with van der Waals surface area (Å²) >= 11 is 0. The average molecular weight is 259 g/mol. The van der Waals surface area contributed by atoms with Crippen LogP contribution in [0.5, 0.6) is 0 Å². The van der Waals surface area contributed by atoms with E-state index in [1.54, 1.807) is 13.8 Å². The summed E-state index contributed by atoms with van der Waals surface area (Å²) in [4.78, 5) is 34.8. The molecule has 1 unspecified atom stereocenters. The van der Waals surface area contributed by atoms with Gasteiger partial charge in [0.1, 0.15) is 12.6 Å². The van der Waals surface area contributed by atoms with Crippen molar-refractivity contribution < 1.29 is 19.5 Å². The molecule has 0 aromatic carbocycles. The van der Waals surface area contributed by atoms with E-state index in [4.69, 9.17) is 10.8 Å². The van der Waals surface area contributed by atoms with Crippen LogP contribution in [0.1, 0.15) is 27.2 Å². The Morgan fingerprint density at radius 2 is 1.89 bits per heavy atom. The molecule has 0 aromatic heterocycles. The fraction of sp³-hybridized carbons (Fsp3) is 0.727. The SMILES string of the molecule is CCCN(CC(=O)O)C(=O)NC(C(N)=O)C(C)C. The van der Waals surface area contributed by atoms with Gasteiger partial charge in [-0.05, 0) is 12.3 Å². The van der Waals surface area contributed by atoms with Gasteiger partial charge in [0.25, 0.3) is 0 Å². The number of hydrogen-bond donors (Lipinski definition) is 3. The van der Waals surface area contributed by atoms with Gasteiger partial charge in [0.05, 0.1) is 0 Å². The highest BCUT2D eigenvalue weighted by molar-refractivity contribution is 5.87. The second-order valence-electron chi connectivity index (χ2n) is 4.39. The quantitative estimate of drug-likeness (QED) is 0.597. The predicted molar refractivity (Wildman–Crippen MR) is 65.9 cm³/mol. The lowest BCUT2D eigenvalue weighted by Gasteiger charge is -2.25. The molecule has 104 valence electrons. The molecule has 0 saturated carbocycles. The normalized spacial score (nSPS) is 12.0. The third-order valence-corrected chi connectivity index (χ3v) is 2.36. The molecule has 0 aromatic rings. The van der Waals surface area contributed by atoms with Gasteiger partial charge < -0.3 is 21.1 Å². The molecule has 3 amide bonds. The molecule has 0 saturated heterocycles. The van der Waals surface area contributed by atoms with E-state index in [9.17, 15) is 14.4 Å². The Labute approximate surface area is 106 Å². The molecule has 0 aliphatic rings. The van der Waals surface area contributed by atoms with Crippen LogP contribution in [0.15, 0.2) is 0 Å². The minimum Gasteiger partial charge on any atom is -0.480 e. The fourth-order valence-electron chi connectivity index (χ4n) is 1.48. The van der Waals surface area contributed by atoms with Crippen LogP contribution in [0, 0.1) is 5.92 Å².